The maximum Gasteiger partial charge on any atom is 0.321 e. The molecule has 0 saturated carbocycles. The summed E-state index contributed by atoms with van der Waals surface area (Å²) in [6.07, 6.45) is 1.63. The summed E-state index contributed by atoms with van der Waals surface area (Å²) in [6, 6.07) is 13.0. The number of amides is 3. The van der Waals surface area contributed by atoms with E-state index in [9.17, 15) is 9.59 Å². The van der Waals surface area contributed by atoms with Crippen LogP contribution in [-0.4, -0.2) is 66.4 Å². The topological polar surface area (TPSA) is 69.0 Å². The highest BCUT2D eigenvalue weighted by atomic mass is 16.3. The summed E-state index contributed by atoms with van der Waals surface area (Å²) in [5.74, 6) is 0.907. The Morgan fingerprint density at radius 3 is 2.38 bits per heavy atom. The second-order valence-corrected chi connectivity index (χ2v) is 6.42. The standard InChI is InChI=1S/C19H24N4O3/c1-21(14-17-8-5-13-26-17)15-18(24)22-9-11-23(12-10-22)19(25)20-16-6-3-2-4-7-16/h2-8,13H,9-12,14-15H2,1H3,(H,20,25). The number of carbonyl (C=O) groups excluding carboxylic acids is 2. The minimum absolute atomic E-state index is 0.0715. The van der Waals surface area contributed by atoms with Crippen molar-refractivity contribution in [3.05, 3.63) is 54.5 Å². The van der Waals surface area contributed by atoms with E-state index in [1.807, 2.05) is 59.3 Å². The van der Waals surface area contributed by atoms with Crippen LogP contribution in [0.4, 0.5) is 10.5 Å². The number of anilines is 1. The third kappa shape index (κ3) is 4.86. The van der Waals surface area contributed by atoms with Crippen LogP contribution in [0, 0.1) is 0 Å². The third-order valence-corrected chi connectivity index (χ3v) is 4.36. The van der Waals surface area contributed by atoms with E-state index in [-0.39, 0.29) is 11.9 Å². The van der Waals surface area contributed by atoms with E-state index < -0.39 is 0 Å². The van der Waals surface area contributed by atoms with Crippen molar-refractivity contribution in [3.63, 3.8) is 0 Å². The normalized spacial score (nSPS) is 14.5. The summed E-state index contributed by atoms with van der Waals surface area (Å²) in [4.78, 5) is 30.2. The fraction of sp³-hybridized carbons (Fsp3) is 0.368. The van der Waals surface area contributed by atoms with Crippen LogP contribution in [-0.2, 0) is 11.3 Å². The Kier molecular flexibility index (Phi) is 5.91. The molecule has 7 nitrogen and oxygen atoms in total. The number of urea groups is 1. The molecule has 1 saturated heterocycles. The fourth-order valence-electron chi connectivity index (χ4n) is 2.94. The van der Waals surface area contributed by atoms with Crippen molar-refractivity contribution in [1.82, 2.24) is 14.7 Å². The molecule has 1 fully saturated rings. The number of hydrogen-bond acceptors (Lipinski definition) is 4. The Bertz CT molecular complexity index is 710. The van der Waals surface area contributed by atoms with E-state index in [2.05, 4.69) is 5.32 Å². The first-order valence-electron chi connectivity index (χ1n) is 8.71. The largest absolute Gasteiger partial charge is 0.468 e. The molecule has 0 bridgehead atoms. The highest BCUT2D eigenvalue weighted by Crippen LogP contribution is 2.10. The number of carbonyl (C=O) groups is 2. The molecule has 0 unspecified atom stereocenters. The molecule has 0 atom stereocenters. The number of likely N-dealkylation sites (N-methyl/N-ethyl adjacent to an activating group) is 1. The summed E-state index contributed by atoms with van der Waals surface area (Å²) < 4.78 is 5.30. The zero-order valence-corrected chi connectivity index (χ0v) is 14.9. The minimum Gasteiger partial charge on any atom is -0.468 e. The molecular formula is C19H24N4O3. The van der Waals surface area contributed by atoms with E-state index in [0.29, 0.717) is 39.3 Å². The van der Waals surface area contributed by atoms with E-state index in [4.69, 9.17) is 4.42 Å². The summed E-state index contributed by atoms with van der Waals surface area (Å²) in [6.45, 7) is 3.10. The van der Waals surface area contributed by atoms with Gasteiger partial charge in [-0.05, 0) is 31.3 Å². The van der Waals surface area contributed by atoms with Gasteiger partial charge in [0.25, 0.3) is 0 Å². The van der Waals surface area contributed by atoms with Gasteiger partial charge in [-0.1, -0.05) is 18.2 Å². The van der Waals surface area contributed by atoms with Crippen LogP contribution in [0.15, 0.2) is 53.1 Å². The van der Waals surface area contributed by atoms with Crippen molar-refractivity contribution < 1.29 is 14.0 Å². The zero-order chi connectivity index (χ0) is 18.4. The van der Waals surface area contributed by atoms with Gasteiger partial charge in [0.15, 0.2) is 0 Å². The Balaban J connectivity index is 1.42. The van der Waals surface area contributed by atoms with Crippen LogP contribution >= 0.6 is 0 Å². The number of benzene rings is 1. The quantitative estimate of drug-likeness (QED) is 0.891. The third-order valence-electron chi connectivity index (χ3n) is 4.36. The average Bonchev–Trinajstić information content (AvgIpc) is 3.15. The minimum atomic E-state index is -0.127. The first-order chi connectivity index (χ1) is 12.6. The smallest absolute Gasteiger partial charge is 0.321 e. The summed E-state index contributed by atoms with van der Waals surface area (Å²) >= 11 is 0. The van der Waals surface area contributed by atoms with Crippen LogP contribution in [0.5, 0.6) is 0 Å². The maximum atomic E-state index is 12.4. The number of nitrogens with zero attached hydrogens (tertiary/aromatic N) is 3. The Morgan fingerprint density at radius 1 is 1.04 bits per heavy atom. The van der Waals surface area contributed by atoms with Crippen LogP contribution in [0.1, 0.15) is 5.76 Å². The summed E-state index contributed by atoms with van der Waals surface area (Å²) in [5.41, 5.74) is 0.774. The van der Waals surface area contributed by atoms with Crippen molar-refractivity contribution >= 4 is 17.6 Å². The van der Waals surface area contributed by atoms with E-state index >= 15 is 0 Å². The predicted molar refractivity (Wildman–Crippen MR) is 98.7 cm³/mol. The van der Waals surface area contributed by atoms with Gasteiger partial charge >= 0.3 is 6.03 Å². The molecule has 1 aromatic carbocycles. The number of para-hydroxylation sites is 1. The monoisotopic (exact) mass is 356 g/mol. The molecule has 1 N–H and O–H groups in total. The zero-order valence-electron chi connectivity index (χ0n) is 14.9. The van der Waals surface area contributed by atoms with E-state index in [1.54, 1.807) is 11.2 Å². The van der Waals surface area contributed by atoms with Crippen LogP contribution in [0.2, 0.25) is 0 Å². The molecule has 7 heteroatoms. The number of rotatable bonds is 5. The molecule has 3 amide bonds. The lowest BCUT2D eigenvalue weighted by molar-refractivity contribution is -0.133. The molecule has 138 valence electrons. The lowest BCUT2D eigenvalue weighted by Crippen LogP contribution is -2.53. The first-order valence-corrected chi connectivity index (χ1v) is 8.71. The lowest BCUT2D eigenvalue weighted by Gasteiger charge is -2.35. The van der Waals surface area contributed by atoms with Gasteiger partial charge < -0.3 is 19.5 Å². The van der Waals surface area contributed by atoms with E-state index in [1.165, 1.54) is 0 Å². The second kappa shape index (κ2) is 8.53. The molecule has 3 rings (SSSR count). The highest BCUT2D eigenvalue weighted by molar-refractivity contribution is 5.89. The van der Waals surface area contributed by atoms with Gasteiger partial charge in [0.05, 0.1) is 19.4 Å². The van der Waals surface area contributed by atoms with Crippen molar-refractivity contribution in [3.8, 4) is 0 Å². The predicted octanol–water partition coefficient (Wildman–Crippen LogP) is 2.09. The van der Waals surface area contributed by atoms with Crippen molar-refractivity contribution in [1.29, 1.82) is 0 Å². The number of piperazine rings is 1. The van der Waals surface area contributed by atoms with Gasteiger partial charge in [-0.15, -0.1) is 0 Å². The van der Waals surface area contributed by atoms with Gasteiger partial charge in [0, 0.05) is 31.9 Å². The van der Waals surface area contributed by atoms with Gasteiger partial charge in [-0.3, -0.25) is 9.69 Å². The Morgan fingerprint density at radius 2 is 1.73 bits per heavy atom. The Labute approximate surface area is 153 Å². The van der Waals surface area contributed by atoms with Crippen molar-refractivity contribution in [2.75, 3.05) is 45.1 Å². The molecule has 0 radical (unpaired) electrons. The lowest BCUT2D eigenvalue weighted by atomic mass is 10.3. The van der Waals surface area contributed by atoms with Crippen molar-refractivity contribution in [2.24, 2.45) is 0 Å². The van der Waals surface area contributed by atoms with Crippen LogP contribution in [0.25, 0.3) is 0 Å². The highest BCUT2D eigenvalue weighted by Gasteiger charge is 2.24. The number of nitrogens with one attached hydrogen (secondary N) is 1. The Hall–Kier alpha value is -2.80. The molecule has 26 heavy (non-hydrogen) atoms. The first kappa shape index (κ1) is 18.0. The number of furan rings is 1. The molecule has 1 aliphatic rings. The second-order valence-electron chi connectivity index (χ2n) is 6.42. The van der Waals surface area contributed by atoms with Crippen LogP contribution < -0.4 is 5.32 Å². The molecule has 2 heterocycles. The maximum absolute atomic E-state index is 12.4. The molecule has 1 aromatic heterocycles. The summed E-state index contributed by atoms with van der Waals surface area (Å²) in [7, 11) is 1.89. The van der Waals surface area contributed by atoms with Crippen molar-refractivity contribution in [2.45, 2.75) is 6.54 Å². The molecule has 0 aliphatic carbocycles. The van der Waals surface area contributed by atoms with Gasteiger partial charge in [-0.25, -0.2) is 4.79 Å². The molecular weight excluding hydrogens is 332 g/mol. The van der Waals surface area contributed by atoms with Gasteiger partial charge in [0.1, 0.15) is 5.76 Å². The number of hydrogen-bond donors (Lipinski definition) is 1. The average molecular weight is 356 g/mol. The summed E-state index contributed by atoms with van der Waals surface area (Å²) in [5, 5.41) is 2.88. The van der Waals surface area contributed by atoms with E-state index in [0.717, 1.165) is 11.4 Å². The molecule has 1 aliphatic heterocycles. The van der Waals surface area contributed by atoms with Crippen LogP contribution in [0.3, 0.4) is 0 Å². The molecule has 0 spiro atoms. The van der Waals surface area contributed by atoms with Gasteiger partial charge in [-0.2, -0.15) is 0 Å². The molecule has 2 aromatic rings. The SMILES string of the molecule is CN(CC(=O)N1CCN(C(=O)Nc2ccccc2)CC1)Cc1ccco1. The van der Waals surface area contributed by atoms with Gasteiger partial charge in [0.2, 0.25) is 5.91 Å². The fourth-order valence-corrected chi connectivity index (χ4v) is 2.94.